The third kappa shape index (κ3) is 3.96. The second-order valence-corrected chi connectivity index (χ2v) is 7.62. The van der Waals surface area contributed by atoms with E-state index in [1.807, 2.05) is 20.8 Å². The van der Waals surface area contributed by atoms with Crippen LogP contribution in [-0.4, -0.2) is 15.0 Å². The molecule has 1 aromatic rings. The summed E-state index contributed by atoms with van der Waals surface area (Å²) in [4.78, 5) is 0.175. The molecule has 0 heterocycles. The Balaban J connectivity index is 2.97. The van der Waals surface area contributed by atoms with Crippen LogP contribution in [0.2, 0.25) is 0 Å². The van der Waals surface area contributed by atoms with Crippen LogP contribution in [0.4, 0.5) is 5.69 Å². The first-order valence-electron chi connectivity index (χ1n) is 5.73. The molecule has 0 spiro atoms. The van der Waals surface area contributed by atoms with Crippen LogP contribution in [0.1, 0.15) is 27.2 Å². The minimum atomic E-state index is -3.53. The highest BCUT2D eigenvalue weighted by Crippen LogP contribution is 2.25. The maximum Gasteiger partial charge on any atom is 0.241 e. The molecule has 0 aromatic heterocycles. The zero-order valence-electron chi connectivity index (χ0n) is 10.8. The second-order valence-electron chi connectivity index (χ2n) is 5.03. The lowest BCUT2D eigenvalue weighted by molar-refractivity contribution is 0.350. The third-order valence-electron chi connectivity index (χ3n) is 2.94. The number of nitrogens with two attached hydrogens (primary N) is 1. The number of hydrogen-bond donors (Lipinski definition) is 2. The van der Waals surface area contributed by atoms with Crippen LogP contribution in [0.3, 0.4) is 0 Å². The smallest absolute Gasteiger partial charge is 0.241 e. The minimum Gasteiger partial charge on any atom is -0.399 e. The molecule has 1 rings (SSSR count). The predicted octanol–water partition coefficient (Wildman–Crippen LogP) is 2.75. The highest BCUT2D eigenvalue weighted by Gasteiger charge is 2.22. The number of hydrogen-bond acceptors (Lipinski definition) is 3. The molecule has 0 unspecified atom stereocenters. The lowest BCUT2D eigenvalue weighted by Gasteiger charge is -2.23. The van der Waals surface area contributed by atoms with Crippen molar-refractivity contribution in [2.24, 2.45) is 5.41 Å². The van der Waals surface area contributed by atoms with Crippen molar-refractivity contribution in [2.75, 3.05) is 12.3 Å². The summed E-state index contributed by atoms with van der Waals surface area (Å²) in [6.07, 6.45) is 0.896. The van der Waals surface area contributed by atoms with Crippen LogP contribution in [0.5, 0.6) is 0 Å². The van der Waals surface area contributed by atoms with Gasteiger partial charge in [-0.3, -0.25) is 0 Å². The summed E-state index contributed by atoms with van der Waals surface area (Å²) in [5.74, 6) is 0. The molecular formula is C12H19BrN2O2S. The molecule has 0 aliphatic rings. The number of nitrogens with one attached hydrogen (secondary N) is 1. The average molecular weight is 335 g/mol. The van der Waals surface area contributed by atoms with E-state index in [2.05, 4.69) is 20.7 Å². The number of halogens is 1. The van der Waals surface area contributed by atoms with E-state index in [1.54, 1.807) is 12.1 Å². The minimum absolute atomic E-state index is 0.0696. The van der Waals surface area contributed by atoms with Crippen LogP contribution < -0.4 is 10.5 Å². The molecule has 102 valence electrons. The van der Waals surface area contributed by atoms with E-state index in [0.29, 0.717) is 16.7 Å². The zero-order valence-corrected chi connectivity index (χ0v) is 13.2. The summed E-state index contributed by atoms with van der Waals surface area (Å²) >= 11 is 3.23. The van der Waals surface area contributed by atoms with E-state index >= 15 is 0 Å². The van der Waals surface area contributed by atoms with Crippen molar-refractivity contribution in [2.45, 2.75) is 32.1 Å². The van der Waals surface area contributed by atoms with E-state index in [9.17, 15) is 8.42 Å². The van der Waals surface area contributed by atoms with Gasteiger partial charge in [-0.25, -0.2) is 13.1 Å². The summed E-state index contributed by atoms with van der Waals surface area (Å²) in [5.41, 5.74) is 5.97. The monoisotopic (exact) mass is 334 g/mol. The number of benzene rings is 1. The summed E-state index contributed by atoms with van der Waals surface area (Å²) in [7, 11) is -3.53. The molecule has 0 aliphatic carbocycles. The van der Waals surface area contributed by atoms with Crippen LogP contribution in [-0.2, 0) is 10.0 Å². The Bertz CT molecular complexity index is 527. The standard InChI is InChI=1S/C12H19BrN2O2S/c1-4-12(2,3)8-15-18(16,17)11-7-9(14)5-6-10(11)13/h5-7,15H,4,8,14H2,1-3H3. The van der Waals surface area contributed by atoms with Crippen molar-refractivity contribution in [3.63, 3.8) is 0 Å². The molecule has 0 atom stereocenters. The molecule has 3 N–H and O–H groups in total. The summed E-state index contributed by atoms with van der Waals surface area (Å²) < 4.78 is 27.5. The fraction of sp³-hybridized carbons (Fsp3) is 0.500. The van der Waals surface area contributed by atoms with E-state index in [0.717, 1.165) is 6.42 Å². The van der Waals surface area contributed by atoms with Crippen LogP contribution in [0.15, 0.2) is 27.6 Å². The Kier molecular flexibility index (Phi) is 4.80. The number of nitrogen functional groups attached to an aromatic ring is 1. The molecular weight excluding hydrogens is 316 g/mol. The van der Waals surface area contributed by atoms with Crippen LogP contribution in [0.25, 0.3) is 0 Å². The Morgan fingerprint density at radius 2 is 2.00 bits per heavy atom. The normalized spacial score (nSPS) is 12.7. The van der Waals surface area contributed by atoms with Gasteiger partial charge in [-0.1, -0.05) is 20.8 Å². The number of sulfonamides is 1. The average Bonchev–Trinajstić information content (AvgIpc) is 2.30. The zero-order chi connectivity index (χ0) is 14.0. The first kappa shape index (κ1) is 15.5. The van der Waals surface area contributed by atoms with Gasteiger partial charge in [-0.05, 0) is 46.0 Å². The highest BCUT2D eigenvalue weighted by molar-refractivity contribution is 9.10. The van der Waals surface area contributed by atoms with Crippen molar-refractivity contribution >= 4 is 31.6 Å². The van der Waals surface area contributed by atoms with Crippen molar-refractivity contribution < 1.29 is 8.42 Å². The van der Waals surface area contributed by atoms with Gasteiger partial charge < -0.3 is 5.73 Å². The van der Waals surface area contributed by atoms with Gasteiger partial charge in [0, 0.05) is 16.7 Å². The van der Waals surface area contributed by atoms with Gasteiger partial charge in [0.1, 0.15) is 0 Å². The van der Waals surface area contributed by atoms with Gasteiger partial charge in [-0.2, -0.15) is 0 Å². The van der Waals surface area contributed by atoms with E-state index in [4.69, 9.17) is 5.73 Å². The highest BCUT2D eigenvalue weighted by atomic mass is 79.9. The topological polar surface area (TPSA) is 72.2 Å². The quantitative estimate of drug-likeness (QED) is 0.813. The van der Waals surface area contributed by atoms with Gasteiger partial charge >= 0.3 is 0 Å². The van der Waals surface area contributed by atoms with E-state index in [1.165, 1.54) is 6.07 Å². The Labute approximate surface area is 117 Å². The number of rotatable bonds is 5. The van der Waals surface area contributed by atoms with Gasteiger partial charge in [0.15, 0.2) is 0 Å². The molecule has 0 saturated heterocycles. The molecule has 18 heavy (non-hydrogen) atoms. The van der Waals surface area contributed by atoms with Crippen molar-refractivity contribution in [1.29, 1.82) is 0 Å². The van der Waals surface area contributed by atoms with Gasteiger partial charge in [0.25, 0.3) is 0 Å². The third-order valence-corrected chi connectivity index (χ3v) is 5.34. The fourth-order valence-corrected chi connectivity index (χ4v) is 3.46. The van der Waals surface area contributed by atoms with Gasteiger partial charge in [0.05, 0.1) is 4.90 Å². The van der Waals surface area contributed by atoms with E-state index < -0.39 is 10.0 Å². The van der Waals surface area contributed by atoms with Crippen molar-refractivity contribution in [3.05, 3.63) is 22.7 Å². The molecule has 0 aliphatic heterocycles. The molecule has 0 saturated carbocycles. The molecule has 0 amide bonds. The largest absolute Gasteiger partial charge is 0.399 e. The van der Waals surface area contributed by atoms with Gasteiger partial charge in [-0.15, -0.1) is 0 Å². The molecule has 0 bridgehead atoms. The Morgan fingerprint density at radius 1 is 1.39 bits per heavy atom. The first-order valence-corrected chi connectivity index (χ1v) is 8.00. The van der Waals surface area contributed by atoms with Crippen molar-refractivity contribution in [1.82, 2.24) is 4.72 Å². The predicted molar refractivity (Wildman–Crippen MR) is 77.8 cm³/mol. The van der Waals surface area contributed by atoms with Gasteiger partial charge in [0.2, 0.25) is 10.0 Å². The lowest BCUT2D eigenvalue weighted by atomic mass is 9.91. The Morgan fingerprint density at radius 3 is 2.56 bits per heavy atom. The van der Waals surface area contributed by atoms with E-state index in [-0.39, 0.29) is 10.3 Å². The second kappa shape index (κ2) is 5.59. The van der Waals surface area contributed by atoms with Crippen LogP contribution >= 0.6 is 15.9 Å². The molecule has 0 fully saturated rings. The molecule has 6 heteroatoms. The summed E-state index contributed by atoms with van der Waals surface area (Å²) in [6, 6.07) is 4.74. The molecule has 0 radical (unpaired) electrons. The number of anilines is 1. The molecule has 4 nitrogen and oxygen atoms in total. The lowest BCUT2D eigenvalue weighted by Crippen LogP contribution is -2.33. The maximum atomic E-state index is 12.2. The summed E-state index contributed by atoms with van der Waals surface area (Å²) in [6.45, 7) is 6.46. The SMILES string of the molecule is CCC(C)(C)CNS(=O)(=O)c1cc(N)ccc1Br. The maximum absolute atomic E-state index is 12.2. The van der Waals surface area contributed by atoms with Crippen molar-refractivity contribution in [3.8, 4) is 0 Å². The molecule has 1 aromatic carbocycles. The van der Waals surface area contributed by atoms with Crippen LogP contribution in [0, 0.1) is 5.41 Å². The fourth-order valence-electron chi connectivity index (χ4n) is 1.22. The first-order chi connectivity index (χ1) is 8.18. The Hall–Kier alpha value is -0.590. The summed E-state index contributed by atoms with van der Waals surface area (Å²) in [5, 5.41) is 0.